The quantitative estimate of drug-likeness (QED) is 0.257. The molecule has 0 amide bonds. The molecule has 1 N–H and O–H groups in total. The summed E-state index contributed by atoms with van der Waals surface area (Å²) in [6, 6.07) is 34.8. The molecule has 0 spiro atoms. The first kappa shape index (κ1) is 24.8. The van der Waals surface area contributed by atoms with Crippen molar-refractivity contribution < 1.29 is 18.5 Å². The van der Waals surface area contributed by atoms with Gasteiger partial charge in [0.15, 0.2) is 0 Å². The lowest BCUT2D eigenvalue weighted by Crippen LogP contribution is -2.18. The highest BCUT2D eigenvalue weighted by molar-refractivity contribution is 7.48. The molecule has 4 nitrogen and oxygen atoms in total. The van der Waals surface area contributed by atoms with Crippen LogP contribution in [0, 0.1) is 0 Å². The Bertz CT molecular complexity index is 1200. The van der Waals surface area contributed by atoms with Gasteiger partial charge in [0.25, 0.3) is 0 Å². The minimum absolute atomic E-state index is 0.214. The van der Waals surface area contributed by atoms with E-state index in [2.05, 4.69) is 52.0 Å². The molecule has 0 bridgehead atoms. The molecule has 4 aromatic carbocycles. The third-order valence-electron chi connectivity index (χ3n) is 6.58. The van der Waals surface area contributed by atoms with Crippen molar-refractivity contribution in [2.75, 3.05) is 0 Å². The minimum Gasteiger partial charge on any atom is -0.395 e. The maximum absolute atomic E-state index is 12.7. The Hall–Kier alpha value is -3.33. The molecular weight excluding hydrogens is 455 g/mol. The first-order valence-electron chi connectivity index (χ1n) is 11.6. The highest BCUT2D eigenvalue weighted by atomic mass is 31.2. The normalized spacial score (nSPS) is 12.3. The van der Waals surface area contributed by atoms with Crippen LogP contribution in [0.5, 0.6) is 11.5 Å². The van der Waals surface area contributed by atoms with Gasteiger partial charge < -0.3 is 9.05 Å². The molecule has 0 aromatic heterocycles. The van der Waals surface area contributed by atoms with Crippen LogP contribution in [-0.2, 0) is 15.4 Å². The summed E-state index contributed by atoms with van der Waals surface area (Å²) in [5.41, 5.74) is 4.08. The molecule has 0 saturated carbocycles. The summed E-state index contributed by atoms with van der Waals surface area (Å²) in [6.07, 6.45) is 0. The molecule has 180 valence electrons. The lowest BCUT2D eigenvalue weighted by atomic mass is 9.78. The average molecular weight is 487 g/mol. The summed E-state index contributed by atoms with van der Waals surface area (Å²) in [6.45, 7) is 8.56. The van der Waals surface area contributed by atoms with Crippen molar-refractivity contribution in [2.45, 2.75) is 38.5 Å². The van der Waals surface area contributed by atoms with E-state index in [1.54, 1.807) is 24.3 Å². The standard InChI is InChI=1S/C30H31O4P/c1-29(2,23-11-7-5-8-12-23)25-15-19-27(20-16-25)33-35(31,32)34-28-21-17-26(18-22-28)30(3,4)24-13-9-6-10-14-24/h5-22H,1-4H3,(H,31,32). The summed E-state index contributed by atoms with van der Waals surface area (Å²) in [5, 5.41) is 0. The number of phosphoric acid groups is 1. The summed E-state index contributed by atoms with van der Waals surface area (Å²) >= 11 is 0. The third kappa shape index (κ3) is 5.67. The van der Waals surface area contributed by atoms with Gasteiger partial charge in [0.2, 0.25) is 0 Å². The van der Waals surface area contributed by atoms with E-state index in [4.69, 9.17) is 9.05 Å². The molecule has 0 unspecified atom stereocenters. The average Bonchev–Trinajstić information content (AvgIpc) is 2.85. The molecule has 0 aliphatic rings. The van der Waals surface area contributed by atoms with Crippen LogP contribution in [-0.4, -0.2) is 4.89 Å². The molecular formula is C30H31O4P. The summed E-state index contributed by atoms with van der Waals surface area (Å²) in [7, 11) is -4.36. The van der Waals surface area contributed by atoms with Gasteiger partial charge in [-0.15, -0.1) is 0 Å². The molecule has 0 atom stereocenters. The van der Waals surface area contributed by atoms with Crippen molar-refractivity contribution in [2.24, 2.45) is 0 Å². The summed E-state index contributed by atoms with van der Waals surface area (Å²) in [5.74, 6) is 0.538. The SMILES string of the molecule is CC(C)(c1ccccc1)c1ccc(OP(=O)(O)Oc2ccc(C(C)(C)c3ccccc3)cc2)cc1. The molecule has 0 heterocycles. The smallest absolute Gasteiger partial charge is 0.395 e. The summed E-state index contributed by atoms with van der Waals surface area (Å²) < 4.78 is 23.3. The van der Waals surface area contributed by atoms with E-state index in [1.165, 1.54) is 11.1 Å². The third-order valence-corrected chi connectivity index (χ3v) is 7.47. The molecule has 35 heavy (non-hydrogen) atoms. The van der Waals surface area contributed by atoms with E-state index in [0.29, 0.717) is 0 Å². The molecule has 0 saturated heterocycles. The van der Waals surface area contributed by atoms with Gasteiger partial charge in [-0.1, -0.05) is 113 Å². The van der Waals surface area contributed by atoms with E-state index < -0.39 is 7.82 Å². The number of rotatable bonds is 8. The van der Waals surface area contributed by atoms with Crippen LogP contribution < -0.4 is 9.05 Å². The zero-order valence-corrected chi connectivity index (χ0v) is 21.4. The van der Waals surface area contributed by atoms with Crippen molar-refractivity contribution in [1.29, 1.82) is 0 Å². The van der Waals surface area contributed by atoms with Gasteiger partial charge in [0, 0.05) is 10.8 Å². The molecule has 4 aromatic rings. The fraction of sp³-hybridized carbons (Fsp3) is 0.200. The number of benzene rings is 4. The van der Waals surface area contributed by atoms with E-state index in [9.17, 15) is 9.46 Å². The molecule has 0 fully saturated rings. The van der Waals surface area contributed by atoms with Gasteiger partial charge in [0.1, 0.15) is 11.5 Å². The Morgan fingerprint density at radius 1 is 0.514 bits per heavy atom. The Morgan fingerprint density at radius 3 is 1.11 bits per heavy atom. The first-order valence-corrected chi connectivity index (χ1v) is 13.1. The van der Waals surface area contributed by atoms with Gasteiger partial charge in [0.05, 0.1) is 0 Å². The summed E-state index contributed by atoms with van der Waals surface area (Å²) in [4.78, 5) is 10.3. The first-order chi connectivity index (χ1) is 16.6. The van der Waals surface area contributed by atoms with Crippen molar-refractivity contribution in [3.63, 3.8) is 0 Å². The predicted molar refractivity (Wildman–Crippen MR) is 141 cm³/mol. The fourth-order valence-electron chi connectivity index (χ4n) is 4.19. The topological polar surface area (TPSA) is 55.8 Å². The number of phosphoric ester groups is 1. The Morgan fingerprint density at radius 2 is 0.800 bits per heavy atom. The second-order valence-electron chi connectivity index (χ2n) is 9.68. The molecule has 5 heteroatoms. The highest BCUT2D eigenvalue weighted by Gasteiger charge is 2.28. The van der Waals surface area contributed by atoms with Crippen LogP contribution in [0.15, 0.2) is 109 Å². The Kier molecular flexibility index (Phi) is 6.89. The molecule has 0 radical (unpaired) electrons. The van der Waals surface area contributed by atoms with Crippen molar-refractivity contribution in [1.82, 2.24) is 0 Å². The maximum atomic E-state index is 12.7. The van der Waals surface area contributed by atoms with Crippen LogP contribution in [0.25, 0.3) is 0 Å². The maximum Gasteiger partial charge on any atom is 0.584 e. The van der Waals surface area contributed by atoms with E-state index >= 15 is 0 Å². The van der Waals surface area contributed by atoms with Crippen LogP contribution >= 0.6 is 7.82 Å². The Balaban J connectivity index is 1.44. The minimum atomic E-state index is -4.36. The van der Waals surface area contributed by atoms with Crippen molar-refractivity contribution in [3.8, 4) is 11.5 Å². The van der Waals surface area contributed by atoms with Crippen LogP contribution in [0.3, 0.4) is 0 Å². The Labute approximate surface area is 207 Å². The predicted octanol–water partition coefficient (Wildman–Crippen LogP) is 7.90. The van der Waals surface area contributed by atoms with Gasteiger partial charge in [-0.05, 0) is 46.5 Å². The zero-order chi connectivity index (χ0) is 25.1. The van der Waals surface area contributed by atoms with E-state index in [0.717, 1.165) is 11.1 Å². The van der Waals surface area contributed by atoms with Crippen LogP contribution in [0.4, 0.5) is 0 Å². The van der Waals surface area contributed by atoms with Crippen molar-refractivity contribution >= 4 is 7.82 Å². The van der Waals surface area contributed by atoms with Crippen LogP contribution in [0.2, 0.25) is 0 Å². The van der Waals surface area contributed by atoms with E-state index in [-0.39, 0.29) is 22.3 Å². The second kappa shape index (κ2) is 9.73. The largest absolute Gasteiger partial charge is 0.584 e. The van der Waals surface area contributed by atoms with E-state index in [1.807, 2.05) is 60.7 Å². The molecule has 0 aliphatic heterocycles. The van der Waals surface area contributed by atoms with Gasteiger partial charge in [-0.2, -0.15) is 0 Å². The van der Waals surface area contributed by atoms with Crippen molar-refractivity contribution in [3.05, 3.63) is 131 Å². The lowest BCUT2D eigenvalue weighted by molar-refractivity contribution is 0.291. The highest BCUT2D eigenvalue weighted by Crippen LogP contribution is 2.45. The van der Waals surface area contributed by atoms with Gasteiger partial charge in [-0.25, -0.2) is 4.57 Å². The monoisotopic (exact) mass is 486 g/mol. The molecule has 0 aliphatic carbocycles. The number of hydrogen-bond donors (Lipinski definition) is 1. The second-order valence-corrected chi connectivity index (χ2v) is 11.0. The van der Waals surface area contributed by atoms with Gasteiger partial charge in [-0.3, -0.25) is 4.89 Å². The number of hydrogen-bond acceptors (Lipinski definition) is 3. The van der Waals surface area contributed by atoms with Gasteiger partial charge >= 0.3 is 7.82 Å². The fourth-order valence-corrected chi connectivity index (χ4v) is 5.01. The molecule has 4 rings (SSSR count). The lowest BCUT2D eigenvalue weighted by Gasteiger charge is -2.26. The van der Waals surface area contributed by atoms with Crippen LogP contribution in [0.1, 0.15) is 49.9 Å². The zero-order valence-electron chi connectivity index (χ0n) is 20.5.